The van der Waals surface area contributed by atoms with Gasteiger partial charge >= 0.3 is 0 Å². The molecule has 0 aromatic carbocycles. The second-order valence-electron chi connectivity index (χ2n) is 5.96. The summed E-state index contributed by atoms with van der Waals surface area (Å²) in [5, 5.41) is 3.83. The highest BCUT2D eigenvalue weighted by molar-refractivity contribution is 4.86. The molecule has 2 aliphatic rings. The van der Waals surface area contributed by atoms with Crippen molar-refractivity contribution in [1.82, 2.24) is 10.2 Å². The predicted molar refractivity (Wildman–Crippen MR) is 71.3 cm³/mol. The van der Waals surface area contributed by atoms with E-state index in [1.165, 1.54) is 45.2 Å². The fourth-order valence-electron chi connectivity index (χ4n) is 3.34. The van der Waals surface area contributed by atoms with E-state index >= 15 is 0 Å². The molecule has 3 nitrogen and oxygen atoms in total. The number of likely N-dealkylation sites (tertiary alicyclic amines) is 1. The molecule has 1 saturated carbocycles. The molecule has 0 amide bonds. The molecule has 3 heteroatoms. The standard InChI is InChI=1S/C14H28N2O/c1-11(12-6-8-16(2)9-7-12)15-13-4-5-14(10-13)17-3/h11-15H,4-10H2,1-3H3. The lowest BCUT2D eigenvalue weighted by Gasteiger charge is -2.34. The van der Waals surface area contributed by atoms with Gasteiger partial charge in [0.2, 0.25) is 0 Å². The summed E-state index contributed by atoms with van der Waals surface area (Å²) < 4.78 is 5.44. The van der Waals surface area contributed by atoms with Crippen LogP contribution >= 0.6 is 0 Å². The van der Waals surface area contributed by atoms with E-state index < -0.39 is 0 Å². The number of hydrogen-bond donors (Lipinski definition) is 1. The molecule has 1 aliphatic heterocycles. The van der Waals surface area contributed by atoms with Gasteiger partial charge in [-0.15, -0.1) is 0 Å². The zero-order valence-corrected chi connectivity index (χ0v) is 11.6. The highest BCUT2D eigenvalue weighted by Gasteiger charge is 2.28. The van der Waals surface area contributed by atoms with Crippen LogP contribution in [0.5, 0.6) is 0 Å². The van der Waals surface area contributed by atoms with Crippen LogP contribution < -0.4 is 5.32 Å². The van der Waals surface area contributed by atoms with E-state index in [0.717, 1.165) is 5.92 Å². The van der Waals surface area contributed by atoms with E-state index in [0.29, 0.717) is 18.2 Å². The molecule has 0 aromatic heterocycles. The Balaban J connectivity index is 1.72. The van der Waals surface area contributed by atoms with Crippen molar-refractivity contribution in [3.8, 4) is 0 Å². The van der Waals surface area contributed by atoms with Crippen LogP contribution in [0.2, 0.25) is 0 Å². The Bertz CT molecular complexity index is 226. The second kappa shape index (κ2) is 6.17. The van der Waals surface area contributed by atoms with Crippen LogP contribution in [0, 0.1) is 5.92 Å². The summed E-state index contributed by atoms with van der Waals surface area (Å²) in [6.07, 6.45) is 6.92. The topological polar surface area (TPSA) is 24.5 Å². The average molecular weight is 240 g/mol. The molecule has 2 rings (SSSR count). The summed E-state index contributed by atoms with van der Waals surface area (Å²) in [5.41, 5.74) is 0. The molecule has 2 fully saturated rings. The number of rotatable bonds is 4. The van der Waals surface area contributed by atoms with Crippen molar-refractivity contribution in [2.45, 2.75) is 57.2 Å². The first-order valence-electron chi connectivity index (χ1n) is 7.16. The van der Waals surface area contributed by atoms with Gasteiger partial charge in [0.05, 0.1) is 6.10 Å². The lowest BCUT2D eigenvalue weighted by molar-refractivity contribution is 0.105. The van der Waals surface area contributed by atoms with E-state index in [4.69, 9.17) is 4.74 Å². The second-order valence-corrected chi connectivity index (χ2v) is 5.96. The van der Waals surface area contributed by atoms with Crippen LogP contribution in [0.4, 0.5) is 0 Å². The van der Waals surface area contributed by atoms with Gasteiger partial charge in [-0.3, -0.25) is 0 Å². The summed E-state index contributed by atoms with van der Waals surface area (Å²) in [6.45, 7) is 4.90. The van der Waals surface area contributed by atoms with Gasteiger partial charge in [-0.1, -0.05) is 0 Å². The fraction of sp³-hybridized carbons (Fsp3) is 1.00. The Morgan fingerprint density at radius 2 is 1.88 bits per heavy atom. The highest BCUT2D eigenvalue weighted by Crippen LogP contribution is 2.25. The smallest absolute Gasteiger partial charge is 0.0586 e. The van der Waals surface area contributed by atoms with Crippen LogP contribution in [0.1, 0.15) is 39.0 Å². The Morgan fingerprint density at radius 1 is 1.18 bits per heavy atom. The van der Waals surface area contributed by atoms with Gasteiger partial charge < -0.3 is 15.0 Å². The van der Waals surface area contributed by atoms with Crippen molar-refractivity contribution in [3.05, 3.63) is 0 Å². The maximum Gasteiger partial charge on any atom is 0.0586 e. The van der Waals surface area contributed by atoms with E-state index in [2.05, 4.69) is 24.2 Å². The average Bonchev–Trinajstić information content (AvgIpc) is 2.77. The van der Waals surface area contributed by atoms with Gasteiger partial charge in [0.1, 0.15) is 0 Å². The van der Waals surface area contributed by atoms with Gasteiger partial charge in [-0.25, -0.2) is 0 Å². The van der Waals surface area contributed by atoms with Crippen molar-refractivity contribution in [3.63, 3.8) is 0 Å². The highest BCUT2D eigenvalue weighted by atomic mass is 16.5. The first-order chi connectivity index (χ1) is 8.19. The maximum absolute atomic E-state index is 5.44. The molecule has 3 atom stereocenters. The molecule has 0 radical (unpaired) electrons. The molecule has 17 heavy (non-hydrogen) atoms. The minimum absolute atomic E-state index is 0.497. The molecule has 0 spiro atoms. The molecular formula is C14H28N2O. The number of methoxy groups -OCH3 is 1. The first kappa shape index (κ1) is 13.3. The molecular weight excluding hydrogens is 212 g/mol. The van der Waals surface area contributed by atoms with E-state index in [9.17, 15) is 0 Å². The normalized spacial score (nSPS) is 34.1. The first-order valence-corrected chi connectivity index (χ1v) is 7.16. The fourth-order valence-corrected chi connectivity index (χ4v) is 3.34. The summed E-state index contributed by atoms with van der Waals surface area (Å²) in [7, 11) is 4.07. The minimum atomic E-state index is 0.497. The van der Waals surface area contributed by atoms with Crippen molar-refractivity contribution in [1.29, 1.82) is 0 Å². The lowest BCUT2D eigenvalue weighted by atomic mass is 9.90. The Kier molecular flexibility index (Phi) is 4.83. The van der Waals surface area contributed by atoms with Crippen LogP contribution in [-0.4, -0.2) is 50.3 Å². The number of hydrogen-bond acceptors (Lipinski definition) is 3. The van der Waals surface area contributed by atoms with Crippen molar-refractivity contribution in [2.75, 3.05) is 27.2 Å². The van der Waals surface area contributed by atoms with Crippen LogP contribution in [-0.2, 0) is 4.74 Å². The third kappa shape index (κ3) is 3.67. The van der Waals surface area contributed by atoms with Gasteiger partial charge in [0, 0.05) is 19.2 Å². The largest absolute Gasteiger partial charge is 0.381 e. The van der Waals surface area contributed by atoms with Crippen molar-refractivity contribution in [2.24, 2.45) is 5.92 Å². The molecule has 3 unspecified atom stereocenters. The number of nitrogens with one attached hydrogen (secondary N) is 1. The van der Waals surface area contributed by atoms with Crippen molar-refractivity contribution >= 4 is 0 Å². The minimum Gasteiger partial charge on any atom is -0.381 e. The molecule has 1 heterocycles. The van der Waals surface area contributed by atoms with Crippen LogP contribution in [0.3, 0.4) is 0 Å². The molecule has 100 valence electrons. The summed E-state index contributed by atoms with van der Waals surface area (Å²) in [4.78, 5) is 2.44. The van der Waals surface area contributed by atoms with E-state index in [1.54, 1.807) is 0 Å². The summed E-state index contributed by atoms with van der Waals surface area (Å²) in [6, 6.07) is 1.36. The predicted octanol–water partition coefficient (Wildman–Crippen LogP) is 1.87. The van der Waals surface area contributed by atoms with Crippen molar-refractivity contribution < 1.29 is 4.74 Å². The van der Waals surface area contributed by atoms with Gasteiger partial charge in [0.25, 0.3) is 0 Å². The molecule has 1 N–H and O–H groups in total. The third-order valence-electron chi connectivity index (χ3n) is 4.69. The molecule has 0 aromatic rings. The molecule has 1 aliphatic carbocycles. The lowest BCUT2D eigenvalue weighted by Crippen LogP contribution is -2.44. The molecule has 0 bridgehead atoms. The number of piperidine rings is 1. The summed E-state index contributed by atoms with van der Waals surface area (Å²) in [5.74, 6) is 0.868. The zero-order valence-electron chi connectivity index (χ0n) is 11.6. The number of nitrogens with zero attached hydrogens (tertiary/aromatic N) is 1. The maximum atomic E-state index is 5.44. The van der Waals surface area contributed by atoms with Crippen LogP contribution in [0.25, 0.3) is 0 Å². The quantitative estimate of drug-likeness (QED) is 0.812. The summed E-state index contributed by atoms with van der Waals surface area (Å²) >= 11 is 0. The molecule has 1 saturated heterocycles. The van der Waals surface area contributed by atoms with Gasteiger partial charge in [-0.05, 0) is 65.1 Å². The van der Waals surface area contributed by atoms with Crippen LogP contribution in [0.15, 0.2) is 0 Å². The zero-order chi connectivity index (χ0) is 12.3. The number of ether oxygens (including phenoxy) is 1. The Hall–Kier alpha value is -0.120. The van der Waals surface area contributed by atoms with E-state index in [-0.39, 0.29) is 0 Å². The van der Waals surface area contributed by atoms with E-state index in [1.807, 2.05) is 7.11 Å². The Labute approximate surface area is 106 Å². The third-order valence-corrected chi connectivity index (χ3v) is 4.69. The monoisotopic (exact) mass is 240 g/mol. The Morgan fingerprint density at radius 3 is 2.47 bits per heavy atom. The SMILES string of the molecule is COC1CCC(NC(C)C2CCN(C)CC2)C1. The van der Waals surface area contributed by atoms with Gasteiger partial charge in [-0.2, -0.15) is 0 Å². The van der Waals surface area contributed by atoms with Gasteiger partial charge in [0.15, 0.2) is 0 Å².